The molecule has 5 heteroatoms. The summed E-state index contributed by atoms with van der Waals surface area (Å²) in [6.07, 6.45) is 2.28. The summed E-state index contributed by atoms with van der Waals surface area (Å²) in [5.41, 5.74) is 7.44. The molecule has 1 amide bonds. The monoisotopic (exact) mass is 197 g/mol. The third-order valence-electron chi connectivity index (χ3n) is 2.07. The maximum absolute atomic E-state index is 11.3. The van der Waals surface area contributed by atoms with Crippen LogP contribution in [-0.4, -0.2) is 28.4 Å². The molecule has 1 aliphatic heterocycles. The van der Waals surface area contributed by atoms with Crippen LogP contribution in [0.25, 0.3) is 0 Å². The van der Waals surface area contributed by atoms with Gasteiger partial charge >= 0.3 is 0 Å². The summed E-state index contributed by atoms with van der Waals surface area (Å²) < 4.78 is 0. The first kappa shape index (κ1) is 8.65. The molecule has 1 unspecified atom stereocenters. The van der Waals surface area contributed by atoms with Crippen LogP contribution in [0.15, 0.2) is 11.7 Å². The predicted octanol–water partition coefficient (Wildman–Crippen LogP) is 0.203. The largest absolute Gasteiger partial charge is 0.336 e. The number of thiazole rings is 1. The maximum Gasteiger partial charge on any atom is 0.224 e. The summed E-state index contributed by atoms with van der Waals surface area (Å²) in [4.78, 5) is 18.2. The molecular weight excluding hydrogens is 186 g/mol. The van der Waals surface area contributed by atoms with Crippen LogP contribution in [0.5, 0.6) is 0 Å². The summed E-state index contributed by atoms with van der Waals surface area (Å²) >= 11 is 1.57. The number of carbonyl (C=O) groups excluding carboxylic acids is 1. The molecule has 0 aromatic carbocycles. The highest BCUT2D eigenvalue weighted by Crippen LogP contribution is 2.15. The highest BCUT2D eigenvalue weighted by Gasteiger charge is 2.26. The smallest absolute Gasteiger partial charge is 0.224 e. The highest BCUT2D eigenvalue weighted by molar-refractivity contribution is 7.09. The standard InChI is InChI=1S/C8H11N3OS/c9-6-1-8(12)11(3-6)4-7-2-10-5-13-7/h2,5-6H,1,3-4,9H2. The molecular formula is C8H11N3OS. The van der Waals surface area contributed by atoms with Crippen molar-refractivity contribution < 1.29 is 4.79 Å². The number of nitrogens with zero attached hydrogens (tertiary/aromatic N) is 2. The van der Waals surface area contributed by atoms with Crippen molar-refractivity contribution in [3.8, 4) is 0 Å². The fourth-order valence-corrected chi connectivity index (χ4v) is 2.07. The molecule has 2 rings (SSSR count). The average Bonchev–Trinajstić information content (AvgIpc) is 2.63. The van der Waals surface area contributed by atoms with Gasteiger partial charge in [0.25, 0.3) is 0 Å². The number of rotatable bonds is 2. The Hall–Kier alpha value is -0.940. The zero-order valence-electron chi connectivity index (χ0n) is 7.14. The normalized spacial score (nSPS) is 22.7. The fraction of sp³-hybridized carbons (Fsp3) is 0.500. The van der Waals surface area contributed by atoms with Gasteiger partial charge in [0.15, 0.2) is 0 Å². The zero-order chi connectivity index (χ0) is 9.26. The first-order valence-corrected chi connectivity index (χ1v) is 5.04. The van der Waals surface area contributed by atoms with Gasteiger partial charge in [0, 0.05) is 30.1 Å². The van der Waals surface area contributed by atoms with Gasteiger partial charge in [-0.25, -0.2) is 0 Å². The second-order valence-corrected chi connectivity index (χ2v) is 4.18. The van der Waals surface area contributed by atoms with Gasteiger partial charge in [0.2, 0.25) is 5.91 Å². The van der Waals surface area contributed by atoms with Crippen molar-refractivity contribution in [2.75, 3.05) is 6.54 Å². The zero-order valence-corrected chi connectivity index (χ0v) is 7.96. The van der Waals surface area contributed by atoms with Crippen LogP contribution in [0.3, 0.4) is 0 Å². The number of carbonyl (C=O) groups is 1. The summed E-state index contributed by atoms with van der Waals surface area (Å²) in [6.45, 7) is 1.34. The lowest BCUT2D eigenvalue weighted by Gasteiger charge is -2.13. The average molecular weight is 197 g/mol. The Bertz CT molecular complexity index is 298. The third kappa shape index (κ3) is 1.87. The summed E-state index contributed by atoms with van der Waals surface area (Å²) in [5, 5.41) is 0. The van der Waals surface area contributed by atoms with Crippen LogP contribution in [0.4, 0.5) is 0 Å². The Morgan fingerprint density at radius 2 is 2.62 bits per heavy atom. The van der Waals surface area contributed by atoms with Gasteiger partial charge in [-0.15, -0.1) is 11.3 Å². The Morgan fingerprint density at radius 3 is 3.15 bits per heavy atom. The quantitative estimate of drug-likeness (QED) is 0.737. The molecule has 0 spiro atoms. The van der Waals surface area contributed by atoms with Gasteiger partial charge in [-0.05, 0) is 0 Å². The van der Waals surface area contributed by atoms with Crippen LogP contribution in [0.2, 0.25) is 0 Å². The minimum Gasteiger partial charge on any atom is -0.336 e. The Balaban J connectivity index is 1.99. The number of hydrogen-bond donors (Lipinski definition) is 1. The minimum atomic E-state index is 0.0143. The van der Waals surface area contributed by atoms with Crippen LogP contribution in [0.1, 0.15) is 11.3 Å². The second kappa shape index (κ2) is 3.43. The first-order valence-electron chi connectivity index (χ1n) is 4.16. The predicted molar refractivity (Wildman–Crippen MR) is 50.1 cm³/mol. The van der Waals surface area contributed by atoms with Crippen LogP contribution >= 0.6 is 11.3 Å². The topological polar surface area (TPSA) is 59.2 Å². The molecule has 1 saturated heterocycles. The van der Waals surface area contributed by atoms with E-state index in [1.165, 1.54) is 0 Å². The third-order valence-corrected chi connectivity index (χ3v) is 2.84. The van der Waals surface area contributed by atoms with Crippen molar-refractivity contribution in [3.63, 3.8) is 0 Å². The molecule has 0 radical (unpaired) electrons. The van der Waals surface area contributed by atoms with E-state index in [1.54, 1.807) is 27.9 Å². The lowest BCUT2D eigenvalue weighted by molar-refractivity contribution is -0.128. The summed E-state index contributed by atoms with van der Waals surface area (Å²) in [7, 11) is 0. The van der Waals surface area contributed by atoms with E-state index in [-0.39, 0.29) is 11.9 Å². The maximum atomic E-state index is 11.3. The van der Waals surface area contributed by atoms with E-state index in [0.717, 1.165) is 4.88 Å². The Labute approximate surface area is 80.4 Å². The number of aromatic nitrogens is 1. The molecule has 0 bridgehead atoms. The van der Waals surface area contributed by atoms with Crippen molar-refractivity contribution in [3.05, 3.63) is 16.6 Å². The molecule has 1 aromatic heterocycles. The summed E-state index contributed by atoms with van der Waals surface area (Å²) in [5.74, 6) is 0.154. The molecule has 1 fully saturated rings. The number of hydrogen-bond acceptors (Lipinski definition) is 4. The van der Waals surface area contributed by atoms with Crippen molar-refractivity contribution in [2.24, 2.45) is 5.73 Å². The van der Waals surface area contributed by atoms with Gasteiger partial charge in [-0.2, -0.15) is 0 Å². The number of nitrogens with two attached hydrogens (primary N) is 1. The minimum absolute atomic E-state index is 0.0143. The fourth-order valence-electron chi connectivity index (χ4n) is 1.46. The van der Waals surface area contributed by atoms with Crippen molar-refractivity contribution >= 4 is 17.2 Å². The molecule has 0 aliphatic carbocycles. The van der Waals surface area contributed by atoms with E-state index in [4.69, 9.17) is 5.73 Å². The summed E-state index contributed by atoms with van der Waals surface area (Å²) in [6, 6.07) is 0.0143. The van der Waals surface area contributed by atoms with E-state index in [1.807, 2.05) is 0 Å². The Kier molecular flexibility index (Phi) is 2.28. The van der Waals surface area contributed by atoms with Gasteiger partial charge < -0.3 is 10.6 Å². The van der Waals surface area contributed by atoms with Gasteiger partial charge in [-0.3, -0.25) is 9.78 Å². The molecule has 1 atom stereocenters. The molecule has 1 aliphatic rings. The lowest BCUT2D eigenvalue weighted by atomic mass is 10.3. The Morgan fingerprint density at radius 1 is 1.77 bits per heavy atom. The number of likely N-dealkylation sites (tertiary alicyclic amines) is 1. The molecule has 0 saturated carbocycles. The molecule has 70 valence electrons. The SMILES string of the molecule is NC1CC(=O)N(Cc2cncs2)C1. The van der Waals surface area contributed by atoms with Gasteiger partial charge in [-0.1, -0.05) is 0 Å². The molecule has 13 heavy (non-hydrogen) atoms. The van der Waals surface area contributed by atoms with Crippen molar-refractivity contribution in [1.82, 2.24) is 9.88 Å². The first-order chi connectivity index (χ1) is 6.25. The van der Waals surface area contributed by atoms with E-state index in [9.17, 15) is 4.79 Å². The van der Waals surface area contributed by atoms with Crippen LogP contribution in [-0.2, 0) is 11.3 Å². The lowest BCUT2D eigenvalue weighted by Crippen LogP contribution is -2.27. The number of amides is 1. The molecule has 2 N–H and O–H groups in total. The van der Waals surface area contributed by atoms with Gasteiger partial charge in [0.1, 0.15) is 0 Å². The molecule has 1 aromatic rings. The highest BCUT2D eigenvalue weighted by atomic mass is 32.1. The van der Waals surface area contributed by atoms with E-state index in [2.05, 4.69) is 4.98 Å². The molecule has 2 heterocycles. The van der Waals surface area contributed by atoms with E-state index >= 15 is 0 Å². The second-order valence-electron chi connectivity index (χ2n) is 3.21. The van der Waals surface area contributed by atoms with Crippen molar-refractivity contribution in [2.45, 2.75) is 19.0 Å². The molecule has 4 nitrogen and oxygen atoms in total. The van der Waals surface area contributed by atoms with E-state index in [0.29, 0.717) is 19.5 Å². The van der Waals surface area contributed by atoms with Crippen LogP contribution in [0, 0.1) is 0 Å². The van der Waals surface area contributed by atoms with Crippen molar-refractivity contribution in [1.29, 1.82) is 0 Å². The van der Waals surface area contributed by atoms with E-state index < -0.39 is 0 Å². The van der Waals surface area contributed by atoms with Crippen LogP contribution < -0.4 is 5.73 Å². The van der Waals surface area contributed by atoms with Gasteiger partial charge in [0.05, 0.1) is 12.1 Å².